The molecule has 158 valence electrons. The Kier molecular flexibility index (Phi) is 6.12. The van der Waals surface area contributed by atoms with Gasteiger partial charge >= 0.3 is 0 Å². The number of anilines is 1. The first-order valence-corrected chi connectivity index (χ1v) is 10.7. The third-order valence-electron chi connectivity index (χ3n) is 5.66. The maximum Gasteiger partial charge on any atom is 0.253 e. The van der Waals surface area contributed by atoms with E-state index in [9.17, 15) is 9.59 Å². The van der Waals surface area contributed by atoms with Crippen LogP contribution in [-0.2, 0) is 4.79 Å². The fraction of sp³-hybridized carbons (Fsp3) is 0.269. The lowest BCUT2D eigenvalue weighted by molar-refractivity contribution is -0.114. The van der Waals surface area contributed by atoms with E-state index >= 15 is 0 Å². The van der Waals surface area contributed by atoms with Crippen molar-refractivity contribution >= 4 is 17.5 Å². The summed E-state index contributed by atoms with van der Waals surface area (Å²) < 4.78 is 0. The predicted molar refractivity (Wildman–Crippen MR) is 123 cm³/mol. The topological polar surface area (TPSA) is 62.3 Å². The Morgan fingerprint density at radius 1 is 1.03 bits per heavy atom. The summed E-state index contributed by atoms with van der Waals surface area (Å²) in [6.45, 7) is 4.96. The van der Waals surface area contributed by atoms with Crippen molar-refractivity contribution in [1.82, 2.24) is 9.88 Å². The van der Waals surface area contributed by atoms with Crippen molar-refractivity contribution in [2.45, 2.75) is 32.6 Å². The van der Waals surface area contributed by atoms with Crippen molar-refractivity contribution in [3.8, 4) is 11.3 Å². The number of carbonyl (C=O) groups excluding carboxylic acids is 2. The Balaban J connectivity index is 1.49. The molecule has 0 radical (unpaired) electrons. The van der Waals surface area contributed by atoms with E-state index in [2.05, 4.69) is 48.6 Å². The summed E-state index contributed by atoms with van der Waals surface area (Å²) in [6, 6.07) is 21.6. The average molecular weight is 414 g/mol. The zero-order valence-corrected chi connectivity index (χ0v) is 18.0. The predicted octanol–water partition coefficient (Wildman–Crippen LogP) is 5.04. The Labute approximate surface area is 183 Å². The van der Waals surface area contributed by atoms with Gasteiger partial charge in [-0.15, -0.1) is 0 Å². The van der Waals surface area contributed by atoms with Gasteiger partial charge in [0.05, 0.1) is 5.69 Å². The second kappa shape index (κ2) is 9.13. The van der Waals surface area contributed by atoms with Crippen molar-refractivity contribution in [3.05, 3.63) is 83.6 Å². The number of hydrogen-bond acceptors (Lipinski definition) is 3. The minimum atomic E-state index is -0.127. The van der Waals surface area contributed by atoms with Crippen LogP contribution in [0, 0.1) is 6.92 Å². The van der Waals surface area contributed by atoms with Crippen LogP contribution in [0.25, 0.3) is 11.3 Å². The SMILES string of the molecule is CC(=O)Nc1ccc(C(=O)N2CCC[C@@H](c3cccc(-c4cccc(C)c4)n3)C2)cc1. The molecule has 1 aromatic heterocycles. The number of pyridine rings is 1. The van der Waals surface area contributed by atoms with Gasteiger partial charge in [0.2, 0.25) is 5.91 Å². The summed E-state index contributed by atoms with van der Waals surface area (Å²) in [5.74, 6) is 0.119. The van der Waals surface area contributed by atoms with Crippen LogP contribution in [0.15, 0.2) is 66.7 Å². The standard InChI is InChI=1S/C26H27N3O2/c1-18-6-3-7-21(16-18)24-9-4-10-25(28-24)22-8-5-15-29(17-22)26(31)20-11-13-23(14-12-20)27-19(2)30/h3-4,6-7,9-14,16,22H,5,8,15,17H2,1-2H3,(H,27,30)/t22-/m1/s1. The lowest BCUT2D eigenvalue weighted by Crippen LogP contribution is -2.39. The van der Waals surface area contributed by atoms with E-state index in [1.54, 1.807) is 24.3 Å². The number of amides is 2. The lowest BCUT2D eigenvalue weighted by Gasteiger charge is -2.32. The average Bonchev–Trinajstić information content (AvgIpc) is 2.79. The second-order valence-corrected chi connectivity index (χ2v) is 8.17. The fourth-order valence-electron chi connectivity index (χ4n) is 4.13. The molecule has 0 aliphatic carbocycles. The van der Waals surface area contributed by atoms with E-state index in [-0.39, 0.29) is 17.7 Å². The number of piperidine rings is 1. The molecule has 1 saturated heterocycles. The molecule has 3 aromatic rings. The molecular weight excluding hydrogens is 386 g/mol. The molecule has 0 bridgehead atoms. The zero-order valence-electron chi connectivity index (χ0n) is 18.0. The Morgan fingerprint density at radius 3 is 2.55 bits per heavy atom. The normalized spacial score (nSPS) is 16.1. The molecule has 1 fully saturated rings. The number of aryl methyl sites for hydroxylation is 1. The van der Waals surface area contributed by atoms with Crippen LogP contribution >= 0.6 is 0 Å². The first kappa shape index (κ1) is 20.8. The Morgan fingerprint density at radius 2 is 1.81 bits per heavy atom. The molecule has 1 N–H and O–H groups in total. The maximum atomic E-state index is 13.1. The van der Waals surface area contributed by atoms with Crippen LogP contribution in [0.5, 0.6) is 0 Å². The van der Waals surface area contributed by atoms with Crippen molar-refractivity contribution in [1.29, 1.82) is 0 Å². The Hall–Kier alpha value is -3.47. The minimum absolute atomic E-state index is 0.0221. The quantitative estimate of drug-likeness (QED) is 0.652. The summed E-state index contributed by atoms with van der Waals surface area (Å²) in [5, 5.41) is 2.73. The highest BCUT2D eigenvalue weighted by Gasteiger charge is 2.26. The first-order valence-electron chi connectivity index (χ1n) is 10.7. The molecule has 2 heterocycles. The van der Waals surface area contributed by atoms with Crippen LogP contribution in [0.4, 0.5) is 5.69 Å². The van der Waals surface area contributed by atoms with E-state index in [0.29, 0.717) is 17.8 Å². The molecule has 0 saturated carbocycles. The number of nitrogens with one attached hydrogen (secondary N) is 1. The van der Waals surface area contributed by atoms with E-state index in [4.69, 9.17) is 4.98 Å². The van der Waals surface area contributed by atoms with Crippen LogP contribution in [0.2, 0.25) is 0 Å². The van der Waals surface area contributed by atoms with Crippen molar-refractivity contribution in [2.24, 2.45) is 0 Å². The van der Waals surface area contributed by atoms with Gasteiger partial charge < -0.3 is 10.2 Å². The van der Waals surface area contributed by atoms with Crippen molar-refractivity contribution < 1.29 is 9.59 Å². The molecule has 5 nitrogen and oxygen atoms in total. The number of benzene rings is 2. The number of likely N-dealkylation sites (tertiary alicyclic amines) is 1. The first-order chi connectivity index (χ1) is 15.0. The maximum absolute atomic E-state index is 13.1. The van der Waals surface area contributed by atoms with Crippen LogP contribution < -0.4 is 5.32 Å². The lowest BCUT2D eigenvalue weighted by atomic mass is 9.93. The number of rotatable bonds is 4. The monoisotopic (exact) mass is 413 g/mol. The number of hydrogen-bond donors (Lipinski definition) is 1. The molecule has 1 aliphatic rings. The summed E-state index contributed by atoms with van der Waals surface area (Å²) in [4.78, 5) is 31.1. The van der Waals surface area contributed by atoms with Crippen LogP contribution in [0.1, 0.15) is 47.3 Å². The summed E-state index contributed by atoms with van der Waals surface area (Å²) in [5.41, 5.74) is 5.66. The van der Waals surface area contributed by atoms with Gasteiger partial charge in [-0.05, 0) is 62.2 Å². The number of carbonyl (C=O) groups is 2. The van der Waals surface area contributed by atoms with E-state index in [1.807, 2.05) is 11.0 Å². The van der Waals surface area contributed by atoms with E-state index < -0.39 is 0 Å². The van der Waals surface area contributed by atoms with Gasteiger partial charge in [0, 0.05) is 48.4 Å². The summed E-state index contributed by atoms with van der Waals surface area (Å²) >= 11 is 0. The molecule has 0 spiro atoms. The smallest absolute Gasteiger partial charge is 0.253 e. The summed E-state index contributed by atoms with van der Waals surface area (Å²) in [7, 11) is 0. The van der Waals surface area contributed by atoms with Gasteiger partial charge in [-0.1, -0.05) is 29.8 Å². The van der Waals surface area contributed by atoms with Gasteiger partial charge in [-0.2, -0.15) is 0 Å². The minimum Gasteiger partial charge on any atom is -0.338 e. The molecule has 2 amide bonds. The molecule has 4 rings (SSSR count). The third kappa shape index (κ3) is 5.00. The fourth-order valence-corrected chi connectivity index (χ4v) is 4.13. The molecular formula is C26H27N3O2. The zero-order chi connectivity index (χ0) is 21.8. The molecule has 2 aromatic carbocycles. The largest absolute Gasteiger partial charge is 0.338 e. The van der Waals surface area contributed by atoms with Gasteiger partial charge in [-0.3, -0.25) is 14.6 Å². The molecule has 0 unspecified atom stereocenters. The molecule has 1 aliphatic heterocycles. The highest BCUT2D eigenvalue weighted by molar-refractivity contribution is 5.95. The van der Waals surface area contributed by atoms with Crippen LogP contribution in [-0.4, -0.2) is 34.8 Å². The highest BCUT2D eigenvalue weighted by atomic mass is 16.2. The molecule has 31 heavy (non-hydrogen) atoms. The van der Waals surface area contributed by atoms with Crippen LogP contribution in [0.3, 0.4) is 0 Å². The third-order valence-corrected chi connectivity index (χ3v) is 5.66. The van der Waals surface area contributed by atoms with E-state index in [1.165, 1.54) is 12.5 Å². The molecule has 1 atom stereocenters. The second-order valence-electron chi connectivity index (χ2n) is 8.17. The van der Waals surface area contributed by atoms with E-state index in [0.717, 1.165) is 36.3 Å². The summed E-state index contributed by atoms with van der Waals surface area (Å²) in [6.07, 6.45) is 1.98. The van der Waals surface area contributed by atoms with Crippen molar-refractivity contribution in [3.63, 3.8) is 0 Å². The number of aromatic nitrogens is 1. The molecule has 5 heteroatoms. The number of nitrogens with zero attached hydrogens (tertiary/aromatic N) is 2. The van der Waals surface area contributed by atoms with Gasteiger partial charge in [0.25, 0.3) is 5.91 Å². The van der Waals surface area contributed by atoms with Gasteiger partial charge in [0.15, 0.2) is 0 Å². The Bertz CT molecular complexity index is 1090. The van der Waals surface area contributed by atoms with Gasteiger partial charge in [-0.25, -0.2) is 0 Å². The van der Waals surface area contributed by atoms with Gasteiger partial charge in [0.1, 0.15) is 0 Å². The van der Waals surface area contributed by atoms with Crippen molar-refractivity contribution in [2.75, 3.05) is 18.4 Å². The highest BCUT2D eigenvalue weighted by Crippen LogP contribution is 2.29.